The number of sulfonamides is 1. The zero-order valence-electron chi connectivity index (χ0n) is 11.2. The first kappa shape index (κ1) is 16.3. The molecule has 1 unspecified atom stereocenters. The zero-order chi connectivity index (χ0) is 15.5. The predicted molar refractivity (Wildman–Crippen MR) is 82.1 cm³/mol. The van der Waals surface area contributed by atoms with E-state index in [9.17, 15) is 13.2 Å². The molecule has 8 heteroatoms. The first-order valence-corrected chi connectivity index (χ1v) is 8.97. The zero-order valence-corrected chi connectivity index (χ0v) is 13.6. The molecule has 2 rings (SSSR count). The lowest BCUT2D eigenvalue weighted by Crippen LogP contribution is -2.31. The number of aromatic carboxylic acids is 1. The molecule has 1 heterocycles. The van der Waals surface area contributed by atoms with E-state index in [2.05, 4.69) is 20.7 Å². The molecule has 116 valence electrons. The second kappa shape index (κ2) is 6.76. The van der Waals surface area contributed by atoms with Crippen molar-refractivity contribution in [2.24, 2.45) is 0 Å². The fourth-order valence-electron chi connectivity index (χ4n) is 2.17. The normalized spacial score (nSPS) is 19.2. The lowest BCUT2D eigenvalue weighted by atomic mass is 10.1. The molecule has 1 aliphatic heterocycles. The van der Waals surface area contributed by atoms with Crippen LogP contribution >= 0.6 is 15.9 Å². The van der Waals surface area contributed by atoms with E-state index in [0.717, 1.165) is 19.3 Å². The smallest absolute Gasteiger partial charge is 0.336 e. The average molecular weight is 378 g/mol. The van der Waals surface area contributed by atoms with Gasteiger partial charge < -0.3 is 9.84 Å². The third kappa shape index (κ3) is 4.42. The summed E-state index contributed by atoms with van der Waals surface area (Å²) in [5.41, 5.74) is 0.217. The molecule has 2 N–H and O–H groups in total. The first-order chi connectivity index (χ1) is 9.89. The molecule has 1 saturated heterocycles. The van der Waals surface area contributed by atoms with Crippen molar-refractivity contribution in [3.63, 3.8) is 0 Å². The van der Waals surface area contributed by atoms with E-state index in [4.69, 9.17) is 9.84 Å². The summed E-state index contributed by atoms with van der Waals surface area (Å²) in [4.78, 5) is 11.0. The Balaban J connectivity index is 2.13. The van der Waals surface area contributed by atoms with E-state index in [-0.39, 0.29) is 27.6 Å². The monoisotopic (exact) mass is 377 g/mol. The van der Waals surface area contributed by atoms with E-state index in [1.807, 2.05) is 0 Å². The highest BCUT2D eigenvalue weighted by Crippen LogP contribution is 2.27. The topological polar surface area (TPSA) is 92.7 Å². The van der Waals surface area contributed by atoms with Gasteiger partial charge in [0.2, 0.25) is 10.0 Å². The number of hydrogen-bond acceptors (Lipinski definition) is 4. The Morgan fingerprint density at radius 2 is 2.19 bits per heavy atom. The molecule has 1 aromatic carbocycles. The van der Waals surface area contributed by atoms with Crippen LogP contribution in [0.15, 0.2) is 22.7 Å². The van der Waals surface area contributed by atoms with Crippen LogP contribution in [0.5, 0.6) is 0 Å². The van der Waals surface area contributed by atoms with Crippen LogP contribution in [0.1, 0.15) is 29.6 Å². The minimum Gasteiger partial charge on any atom is -0.478 e. The molecule has 0 amide bonds. The molecule has 0 aliphatic carbocycles. The number of carboxylic acids is 1. The maximum atomic E-state index is 12.1. The number of ether oxygens (including phenoxy) is 1. The van der Waals surface area contributed by atoms with E-state index in [1.54, 1.807) is 0 Å². The predicted octanol–water partition coefficient (Wildman–Crippen LogP) is 2.46. The highest BCUT2D eigenvalue weighted by atomic mass is 79.9. The van der Waals surface area contributed by atoms with Gasteiger partial charge >= 0.3 is 5.97 Å². The third-order valence-corrected chi connectivity index (χ3v) is 5.37. The van der Waals surface area contributed by atoms with Crippen LogP contribution < -0.4 is 4.72 Å². The van der Waals surface area contributed by atoms with Gasteiger partial charge in [0, 0.05) is 6.61 Å². The second-order valence-corrected chi connectivity index (χ2v) is 7.40. The van der Waals surface area contributed by atoms with Crippen molar-refractivity contribution in [3.8, 4) is 0 Å². The fourth-order valence-corrected chi connectivity index (χ4v) is 4.17. The third-order valence-electron chi connectivity index (χ3n) is 3.17. The summed E-state index contributed by atoms with van der Waals surface area (Å²) in [6.45, 7) is 0.582. The summed E-state index contributed by atoms with van der Waals surface area (Å²) in [5.74, 6) is -1.25. The summed E-state index contributed by atoms with van der Waals surface area (Å²) in [7, 11) is -3.60. The van der Waals surface area contributed by atoms with Crippen molar-refractivity contribution in [2.45, 2.75) is 25.4 Å². The maximum absolute atomic E-state index is 12.1. The number of carbonyl (C=O) groups is 1. The minimum atomic E-state index is -3.60. The van der Waals surface area contributed by atoms with Gasteiger partial charge in [-0.2, -0.15) is 0 Å². The van der Waals surface area contributed by atoms with Gasteiger partial charge in [-0.1, -0.05) is 6.07 Å². The molecule has 0 saturated carbocycles. The van der Waals surface area contributed by atoms with Crippen molar-refractivity contribution in [1.29, 1.82) is 0 Å². The van der Waals surface area contributed by atoms with Gasteiger partial charge in [0.15, 0.2) is 0 Å². The summed E-state index contributed by atoms with van der Waals surface area (Å²) in [6, 6.07) is 4.40. The number of rotatable bonds is 5. The molecular weight excluding hydrogens is 362 g/mol. The Bertz CT molecular complexity index is 625. The van der Waals surface area contributed by atoms with Crippen molar-refractivity contribution < 1.29 is 23.1 Å². The van der Waals surface area contributed by atoms with Gasteiger partial charge in [-0.3, -0.25) is 4.72 Å². The summed E-state index contributed by atoms with van der Waals surface area (Å²) < 4.78 is 32.3. The number of halogens is 1. The minimum absolute atomic E-state index is 0.00381. The molecule has 0 bridgehead atoms. The molecule has 21 heavy (non-hydrogen) atoms. The summed E-state index contributed by atoms with van der Waals surface area (Å²) in [5, 5.41) is 9.02. The summed E-state index contributed by atoms with van der Waals surface area (Å²) in [6.07, 6.45) is 2.32. The number of nitrogens with one attached hydrogen (secondary N) is 1. The van der Waals surface area contributed by atoms with E-state index >= 15 is 0 Å². The SMILES string of the molecule is O=C(O)c1cccc(NS(=O)(=O)CC2CCCCO2)c1Br. The van der Waals surface area contributed by atoms with Gasteiger partial charge in [0.1, 0.15) is 0 Å². The Kier molecular flexibility index (Phi) is 5.23. The van der Waals surface area contributed by atoms with Crippen molar-refractivity contribution in [1.82, 2.24) is 0 Å². The Morgan fingerprint density at radius 3 is 2.81 bits per heavy atom. The Hall–Kier alpha value is -1.12. The lowest BCUT2D eigenvalue weighted by Gasteiger charge is -2.22. The van der Waals surface area contributed by atoms with Crippen molar-refractivity contribution >= 4 is 37.6 Å². The van der Waals surface area contributed by atoms with E-state index < -0.39 is 16.0 Å². The molecule has 1 atom stereocenters. The van der Waals surface area contributed by atoms with Gasteiger partial charge in [-0.05, 0) is 47.3 Å². The largest absolute Gasteiger partial charge is 0.478 e. The first-order valence-electron chi connectivity index (χ1n) is 6.53. The van der Waals surface area contributed by atoms with Crippen molar-refractivity contribution in [2.75, 3.05) is 17.1 Å². The quantitative estimate of drug-likeness (QED) is 0.821. The Labute approximate surface area is 131 Å². The molecule has 0 spiro atoms. The number of carboxylic acid groups (broad SMARTS) is 1. The summed E-state index contributed by atoms with van der Waals surface area (Å²) >= 11 is 3.12. The number of hydrogen-bond donors (Lipinski definition) is 2. The molecule has 0 aromatic heterocycles. The highest BCUT2D eigenvalue weighted by molar-refractivity contribution is 9.10. The molecule has 0 radical (unpaired) electrons. The Morgan fingerprint density at radius 1 is 1.43 bits per heavy atom. The van der Waals surface area contributed by atoms with E-state index in [0.29, 0.717) is 6.61 Å². The van der Waals surface area contributed by atoms with Gasteiger partial charge in [0.25, 0.3) is 0 Å². The van der Waals surface area contributed by atoms with Crippen LogP contribution in [-0.4, -0.2) is 38.0 Å². The van der Waals surface area contributed by atoms with Crippen LogP contribution in [0.2, 0.25) is 0 Å². The molecular formula is C13H16BrNO5S. The number of anilines is 1. The number of benzene rings is 1. The van der Waals surface area contributed by atoms with Crippen LogP contribution in [0.25, 0.3) is 0 Å². The second-order valence-electron chi connectivity index (χ2n) is 4.84. The maximum Gasteiger partial charge on any atom is 0.336 e. The van der Waals surface area contributed by atoms with Crippen LogP contribution in [0.4, 0.5) is 5.69 Å². The van der Waals surface area contributed by atoms with Gasteiger partial charge in [-0.25, -0.2) is 13.2 Å². The van der Waals surface area contributed by atoms with Gasteiger partial charge in [0.05, 0.1) is 27.6 Å². The van der Waals surface area contributed by atoms with Crippen LogP contribution in [-0.2, 0) is 14.8 Å². The highest BCUT2D eigenvalue weighted by Gasteiger charge is 2.23. The van der Waals surface area contributed by atoms with Crippen LogP contribution in [0, 0.1) is 0 Å². The van der Waals surface area contributed by atoms with Gasteiger partial charge in [-0.15, -0.1) is 0 Å². The van der Waals surface area contributed by atoms with Crippen LogP contribution in [0.3, 0.4) is 0 Å². The molecule has 1 fully saturated rings. The van der Waals surface area contributed by atoms with E-state index in [1.165, 1.54) is 18.2 Å². The van der Waals surface area contributed by atoms with Crippen molar-refractivity contribution in [3.05, 3.63) is 28.2 Å². The standard InChI is InChI=1S/C13H16BrNO5S/c14-12-10(13(16)17)5-3-6-11(12)15-21(18,19)8-9-4-1-2-7-20-9/h3,5-6,9,15H,1-2,4,7-8H2,(H,16,17). The average Bonchev–Trinajstić information content (AvgIpc) is 2.41. The fraction of sp³-hybridized carbons (Fsp3) is 0.462. The molecule has 1 aromatic rings. The molecule has 6 nitrogen and oxygen atoms in total. The lowest BCUT2D eigenvalue weighted by molar-refractivity contribution is 0.0306. The molecule has 1 aliphatic rings.